The third-order valence-corrected chi connectivity index (χ3v) is 5.10. The second-order valence-electron chi connectivity index (χ2n) is 7.35. The van der Waals surface area contributed by atoms with Crippen molar-refractivity contribution >= 4 is 22.9 Å². The number of allylic oxidation sites excluding steroid dienone is 2. The zero-order valence-electron chi connectivity index (χ0n) is 14.6. The summed E-state index contributed by atoms with van der Waals surface area (Å²) in [6.45, 7) is 3.54. The molecule has 0 radical (unpaired) electrons. The van der Waals surface area contributed by atoms with E-state index in [1.165, 1.54) is 25.7 Å². The van der Waals surface area contributed by atoms with Crippen molar-refractivity contribution in [3.63, 3.8) is 0 Å². The number of carbonyl (C=O) groups is 1. The first-order valence-corrected chi connectivity index (χ1v) is 8.88. The van der Waals surface area contributed by atoms with Crippen LogP contribution in [0.25, 0.3) is 5.57 Å². The molecule has 2 saturated carbocycles. The molecule has 4 nitrogen and oxygen atoms in total. The predicted molar refractivity (Wildman–Crippen MR) is 98.8 cm³/mol. The predicted octanol–water partition coefficient (Wildman–Crippen LogP) is 4.18. The van der Waals surface area contributed by atoms with Crippen molar-refractivity contribution in [3.05, 3.63) is 35.5 Å². The van der Waals surface area contributed by atoms with Gasteiger partial charge in [0.05, 0.1) is 0 Å². The first-order valence-electron chi connectivity index (χ1n) is 8.88. The van der Waals surface area contributed by atoms with Crippen molar-refractivity contribution in [1.29, 1.82) is 5.41 Å². The van der Waals surface area contributed by atoms with Crippen molar-refractivity contribution in [2.45, 2.75) is 46.0 Å². The van der Waals surface area contributed by atoms with E-state index in [0.717, 1.165) is 28.7 Å². The summed E-state index contributed by atoms with van der Waals surface area (Å²) in [5.41, 5.74) is 9.45. The van der Waals surface area contributed by atoms with Crippen LogP contribution in [0.15, 0.2) is 30.0 Å². The molecule has 0 unspecified atom stereocenters. The molecule has 2 aliphatic rings. The van der Waals surface area contributed by atoms with Crippen LogP contribution in [0.5, 0.6) is 0 Å². The molecule has 3 rings (SSSR count). The van der Waals surface area contributed by atoms with E-state index < -0.39 is 0 Å². The topological polar surface area (TPSA) is 79.0 Å². The molecule has 4 heteroatoms. The highest BCUT2D eigenvalue weighted by Gasteiger charge is 2.42. The van der Waals surface area contributed by atoms with Gasteiger partial charge in [0.15, 0.2) is 0 Å². The van der Waals surface area contributed by atoms with Gasteiger partial charge in [-0.2, -0.15) is 0 Å². The van der Waals surface area contributed by atoms with Gasteiger partial charge in [-0.1, -0.05) is 12.1 Å². The average molecular weight is 325 g/mol. The minimum absolute atomic E-state index is 0.126. The number of anilines is 1. The van der Waals surface area contributed by atoms with E-state index >= 15 is 0 Å². The summed E-state index contributed by atoms with van der Waals surface area (Å²) < 4.78 is 0. The molecule has 4 N–H and O–H groups in total. The van der Waals surface area contributed by atoms with Gasteiger partial charge >= 0.3 is 0 Å². The fraction of sp³-hybridized carbons (Fsp3) is 0.500. The van der Waals surface area contributed by atoms with Gasteiger partial charge in [0.1, 0.15) is 0 Å². The Morgan fingerprint density at radius 1 is 1.17 bits per heavy atom. The van der Waals surface area contributed by atoms with Gasteiger partial charge in [-0.15, -0.1) is 0 Å². The molecule has 0 aliphatic heterocycles. The Bertz CT molecular complexity index is 651. The van der Waals surface area contributed by atoms with Crippen molar-refractivity contribution in [1.82, 2.24) is 0 Å². The number of benzene rings is 1. The lowest BCUT2D eigenvalue weighted by Crippen LogP contribution is -2.19. The molecule has 0 aromatic heterocycles. The molecule has 0 atom stereocenters. The number of carbonyl (C=O) groups excluding carboxylic acids is 1. The summed E-state index contributed by atoms with van der Waals surface area (Å²) in [5, 5.41) is 10.9. The highest BCUT2D eigenvalue weighted by atomic mass is 16.1. The molecule has 128 valence electrons. The van der Waals surface area contributed by atoms with E-state index in [9.17, 15) is 4.79 Å². The smallest absolute Gasteiger partial charge is 0.224 e. The Morgan fingerprint density at radius 2 is 1.71 bits per heavy atom. The number of amides is 1. The normalized spacial score (nSPS) is 18.3. The lowest BCUT2D eigenvalue weighted by Gasteiger charge is -2.15. The monoisotopic (exact) mass is 325 g/mol. The first kappa shape index (κ1) is 16.7. The highest BCUT2D eigenvalue weighted by Crippen LogP contribution is 2.50. The zero-order valence-corrected chi connectivity index (χ0v) is 14.6. The Morgan fingerprint density at radius 3 is 2.12 bits per heavy atom. The molecular formula is C20H27N3O. The largest absolute Gasteiger partial charge is 0.402 e. The summed E-state index contributed by atoms with van der Waals surface area (Å²) in [6, 6.07) is 7.61. The molecular weight excluding hydrogens is 298 g/mol. The van der Waals surface area contributed by atoms with E-state index in [2.05, 4.69) is 5.32 Å². The molecule has 24 heavy (non-hydrogen) atoms. The van der Waals surface area contributed by atoms with Crippen molar-refractivity contribution < 1.29 is 4.79 Å². The van der Waals surface area contributed by atoms with Gasteiger partial charge in [-0.3, -0.25) is 4.79 Å². The van der Waals surface area contributed by atoms with Gasteiger partial charge in [-0.25, -0.2) is 0 Å². The summed E-state index contributed by atoms with van der Waals surface area (Å²) in [4.78, 5) is 12.3. The minimum atomic E-state index is 0.126. The Labute approximate surface area is 144 Å². The van der Waals surface area contributed by atoms with Gasteiger partial charge in [0.2, 0.25) is 5.91 Å². The Kier molecular flexibility index (Phi) is 4.74. The van der Waals surface area contributed by atoms with Crippen molar-refractivity contribution in [3.8, 4) is 0 Å². The SMILES string of the molecule is CC(=N)/C(=C(/C)N)c1ccc(NC(=O)CC(C2CC2)C2CC2)cc1. The maximum Gasteiger partial charge on any atom is 0.224 e. The van der Waals surface area contributed by atoms with Crippen molar-refractivity contribution in [2.75, 3.05) is 5.32 Å². The maximum absolute atomic E-state index is 12.3. The van der Waals surface area contributed by atoms with Crippen LogP contribution in [-0.2, 0) is 4.79 Å². The Balaban J connectivity index is 1.62. The molecule has 1 aromatic rings. The van der Waals surface area contributed by atoms with Crippen LogP contribution in [0.1, 0.15) is 51.5 Å². The van der Waals surface area contributed by atoms with Crippen LogP contribution < -0.4 is 11.1 Å². The van der Waals surface area contributed by atoms with Crippen LogP contribution in [0.4, 0.5) is 5.69 Å². The maximum atomic E-state index is 12.3. The summed E-state index contributed by atoms with van der Waals surface area (Å²) in [7, 11) is 0. The number of rotatable bonds is 7. The second-order valence-corrected chi connectivity index (χ2v) is 7.35. The van der Waals surface area contributed by atoms with Crippen LogP contribution in [-0.4, -0.2) is 11.6 Å². The zero-order chi connectivity index (χ0) is 17.3. The van der Waals surface area contributed by atoms with E-state index in [0.29, 0.717) is 23.7 Å². The van der Waals surface area contributed by atoms with Crippen LogP contribution in [0, 0.1) is 23.2 Å². The molecule has 1 amide bonds. The van der Waals surface area contributed by atoms with E-state index in [-0.39, 0.29) is 5.91 Å². The molecule has 0 spiro atoms. The molecule has 0 bridgehead atoms. The number of nitrogens with one attached hydrogen (secondary N) is 2. The third-order valence-electron chi connectivity index (χ3n) is 5.10. The van der Waals surface area contributed by atoms with E-state index in [4.69, 9.17) is 11.1 Å². The molecule has 0 heterocycles. The van der Waals surface area contributed by atoms with Crippen LogP contribution in [0.2, 0.25) is 0 Å². The fourth-order valence-corrected chi connectivity index (χ4v) is 3.65. The lowest BCUT2D eigenvalue weighted by atomic mass is 9.94. The summed E-state index contributed by atoms with van der Waals surface area (Å²) in [6.07, 6.45) is 5.88. The summed E-state index contributed by atoms with van der Waals surface area (Å²) >= 11 is 0. The third kappa shape index (κ3) is 4.05. The molecule has 1 aromatic carbocycles. The van der Waals surface area contributed by atoms with Gasteiger partial charge in [0.25, 0.3) is 0 Å². The van der Waals surface area contributed by atoms with Crippen LogP contribution in [0.3, 0.4) is 0 Å². The van der Waals surface area contributed by atoms with Crippen molar-refractivity contribution in [2.24, 2.45) is 23.5 Å². The fourth-order valence-electron chi connectivity index (χ4n) is 3.65. The number of nitrogens with two attached hydrogens (primary N) is 1. The molecule has 0 saturated heterocycles. The average Bonchev–Trinajstić information content (AvgIpc) is 3.38. The van der Waals surface area contributed by atoms with Gasteiger partial charge < -0.3 is 16.5 Å². The van der Waals surface area contributed by atoms with E-state index in [1.807, 2.05) is 24.3 Å². The van der Waals surface area contributed by atoms with Gasteiger partial charge in [0, 0.05) is 29.1 Å². The first-order chi connectivity index (χ1) is 11.5. The number of hydrogen-bond donors (Lipinski definition) is 3. The molecule has 2 fully saturated rings. The lowest BCUT2D eigenvalue weighted by molar-refractivity contribution is -0.117. The quantitative estimate of drug-likeness (QED) is 0.657. The Hall–Kier alpha value is -2.10. The van der Waals surface area contributed by atoms with Gasteiger partial charge in [-0.05, 0) is 75.0 Å². The number of hydrogen-bond acceptors (Lipinski definition) is 3. The van der Waals surface area contributed by atoms with E-state index in [1.54, 1.807) is 13.8 Å². The second kappa shape index (κ2) is 6.80. The molecule has 2 aliphatic carbocycles. The highest BCUT2D eigenvalue weighted by molar-refractivity contribution is 6.21. The summed E-state index contributed by atoms with van der Waals surface area (Å²) in [5.74, 6) is 2.31. The minimum Gasteiger partial charge on any atom is -0.402 e. The van der Waals surface area contributed by atoms with Crippen LogP contribution >= 0.6 is 0 Å². The standard InChI is InChI=1S/C20H27N3O/c1-12(21)20(13(2)22)16-7-9-17(10-8-16)23-19(24)11-18(14-3-4-14)15-5-6-15/h7-10,14-15,18,21H,3-6,11,22H2,1-2H3,(H,23,24)/b20-13+,21-12?.